The Kier molecular flexibility index (Phi) is 31.5. The fourth-order valence-electron chi connectivity index (χ4n) is 4.89. The fourth-order valence-corrected chi connectivity index (χ4v) is 4.89. The largest absolute Gasteiger partial charge is 0.466 e. The number of hydrogen-bond donors (Lipinski definition) is 0. The Bertz CT molecular complexity index is 442. The number of carbonyl (C=O) groups excluding carboxylic acids is 1. The van der Waals surface area contributed by atoms with Crippen molar-refractivity contribution in [2.45, 2.75) is 194 Å². The molecule has 36 heavy (non-hydrogen) atoms. The first-order valence-electron chi connectivity index (χ1n) is 16.6. The molecule has 0 saturated carbocycles. The number of unbranched alkanes of at least 4 members (excludes halogenated alkanes) is 24. The van der Waals surface area contributed by atoms with Gasteiger partial charge in [-0.2, -0.15) is 0 Å². The first-order valence-corrected chi connectivity index (χ1v) is 16.6. The molecule has 0 unspecified atom stereocenters. The standard InChI is InChI=1S/C34H66O2/c1-3-5-7-9-11-13-14-15-16-17-18-19-20-21-22-23-25-27-29-31-33-36-34(35)32-30-28-26-24-12-10-8-6-4-2/h15-16H,3-14,17-33H2,1-2H3. The average molecular weight is 507 g/mol. The van der Waals surface area contributed by atoms with E-state index in [1.807, 2.05) is 0 Å². The Labute approximate surface area is 227 Å². The van der Waals surface area contributed by atoms with Crippen molar-refractivity contribution in [2.75, 3.05) is 6.61 Å². The molecule has 0 spiro atoms. The minimum atomic E-state index is 0.0197. The van der Waals surface area contributed by atoms with Crippen molar-refractivity contribution in [3.8, 4) is 0 Å². The maximum Gasteiger partial charge on any atom is 0.305 e. The van der Waals surface area contributed by atoms with E-state index in [2.05, 4.69) is 26.0 Å². The van der Waals surface area contributed by atoms with Crippen molar-refractivity contribution in [1.29, 1.82) is 0 Å². The van der Waals surface area contributed by atoms with Crippen molar-refractivity contribution in [2.24, 2.45) is 0 Å². The van der Waals surface area contributed by atoms with Gasteiger partial charge in [-0.15, -0.1) is 0 Å². The molecule has 0 bridgehead atoms. The summed E-state index contributed by atoms with van der Waals surface area (Å²) >= 11 is 0. The van der Waals surface area contributed by atoms with E-state index in [-0.39, 0.29) is 5.97 Å². The zero-order valence-electron chi connectivity index (χ0n) is 25.0. The van der Waals surface area contributed by atoms with Crippen LogP contribution in [0.1, 0.15) is 194 Å². The molecule has 0 amide bonds. The van der Waals surface area contributed by atoms with Gasteiger partial charge in [0, 0.05) is 6.42 Å². The Morgan fingerprint density at radius 2 is 0.778 bits per heavy atom. The minimum absolute atomic E-state index is 0.0197. The van der Waals surface area contributed by atoms with Gasteiger partial charge < -0.3 is 4.74 Å². The Morgan fingerprint density at radius 3 is 1.19 bits per heavy atom. The molecule has 0 aromatic carbocycles. The first kappa shape index (κ1) is 35.2. The molecule has 0 aromatic rings. The van der Waals surface area contributed by atoms with Gasteiger partial charge >= 0.3 is 5.97 Å². The van der Waals surface area contributed by atoms with Crippen LogP contribution in [0.25, 0.3) is 0 Å². The van der Waals surface area contributed by atoms with Crippen LogP contribution in [0.5, 0.6) is 0 Å². The molecule has 0 rings (SSSR count). The number of esters is 1. The van der Waals surface area contributed by atoms with E-state index in [9.17, 15) is 4.79 Å². The predicted molar refractivity (Wildman–Crippen MR) is 161 cm³/mol. The highest BCUT2D eigenvalue weighted by atomic mass is 16.5. The van der Waals surface area contributed by atoms with Crippen molar-refractivity contribution in [1.82, 2.24) is 0 Å². The van der Waals surface area contributed by atoms with E-state index in [0.29, 0.717) is 13.0 Å². The normalized spacial score (nSPS) is 11.5. The molecule has 0 saturated heterocycles. The van der Waals surface area contributed by atoms with E-state index >= 15 is 0 Å². The molecular formula is C34H66O2. The van der Waals surface area contributed by atoms with Gasteiger partial charge in [0.1, 0.15) is 0 Å². The van der Waals surface area contributed by atoms with Gasteiger partial charge in [-0.05, 0) is 38.5 Å². The molecule has 0 aliphatic carbocycles. The summed E-state index contributed by atoms with van der Waals surface area (Å²) in [7, 11) is 0. The highest BCUT2D eigenvalue weighted by molar-refractivity contribution is 5.69. The summed E-state index contributed by atoms with van der Waals surface area (Å²) in [5.74, 6) is 0.0197. The molecule has 0 aliphatic rings. The molecule has 0 N–H and O–H groups in total. The van der Waals surface area contributed by atoms with Gasteiger partial charge in [0.25, 0.3) is 0 Å². The smallest absolute Gasteiger partial charge is 0.305 e. The molecule has 2 heteroatoms. The van der Waals surface area contributed by atoms with E-state index in [1.165, 1.54) is 161 Å². The van der Waals surface area contributed by atoms with Crippen molar-refractivity contribution < 1.29 is 9.53 Å². The van der Waals surface area contributed by atoms with Gasteiger partial charge in [0.05, 0.1) is 6.61 Å². The molecular weight excluding hydrogens is 440 g/mol. The Hall–Kier alpha value is -0.790. The topological polar surface area (TPSA) is 26.3 Å². The van der Waals surface area contributed by atoms with Gasteiger partial charge in [0.15, 0.2) is 0 Å². The van der Waals surface area contributed by atoms with Crippen LogP contribution in [0, 0.1) is 0 Å². The quantitative estimate of drug-likeness (QED) is 0.0550. The van der Waals surface area contributed by atoms with Crippen LogP contribution in [0.4, 0.5) is 0 Å². The second-order valence-corrected chi connectivity index (χ2v) is 11.2. The van der Waals surface area contributed by atoms with Crippen molar-refractivity contribution in [3.05, 3.63) is 12.2 Å². The fraction of sp³-hybridized carbons (Fsp3) is 0.912. The zero-order valence-corrected chi connectivity index (χ0v) is 25.0. The molecule has 0 heterocycles. The maximum absolute atomic E-state index is 11.8. The van der Waals surface area contributed by atoms with Crippen LogP contribution in [0.15, 0.2) is 12.2 Å². The molecule has 0 aliphatic heterocycles. The monoisotopic (exact) mass is 507 g/mol. The lowest BCUT2D eigenvalue weighted by atomic mass is 10.1. The van der Waals surface area contributed by atoms with Crippen molar-refractivity contribution in [3.63, 3.8) is 0 Å². The number of ether oxygens (including phenoxy) is 1. The third-order valence-electron chi connectivity index (χ3n) is 7.40. The van der Waals surface area contributed by atoms with E-state index in [1.54, 1.807) is 0 Å². The highest BCUT2D eigenvalue weighted by Crippen LogP contribution is 2.13. The Morgan fingerprint density at radius 1 is 0.444 bits per heavy atom. The second-order valence-electron chi connectivity index (χ2n) is 11.2. The summed E-state index contributed by atoms with van der Waals surface area (Å²) in [5.41, 5.74) is 0. The third kappa shape index (κ3) is 31.2. The highest BCUT2D eigenvalue weighted by Gasteiger charge is 2.02. The Balaban J connectivity index is 3.16. The second kappa shape index (κ2) is 32.2. The van der Waals surface area contributed by atoms with Crippen molar-refractivity contribution >= 4 is 5.97 Å². The summed E-state index contributed by atoms with van der Waals surface area (Å²) in [6.07, 6.45) is 41.2. The van der Waals surface area contributed by atoms with Crippen LogP contribution >= 0.6 is 0 Å². The van der Waals surface area contributed by atoms with Gasteiger partial charge in [-0.25, -0.2) is 0 Å². The maximum atomic E-state index is 11.8. The van der Waals surface area contributed by atoms with Gasteiger partial charge in [-0.3, -0.25) is 4.79 Å². The van der Waals surface area contributed by atoms with Gasteiger partial charge in [0.2, 0.25) is 0 Å². The van der Waals surface area contributed by atoms with Crippen LogP contribution in [-0.2, 0) is 9.53 Å². The minimum Gasteiger partial charge on any atom is -0.466 e. The summed E-state index contributed by atoms with van der Waals surface area (Å²) in [5, 5.41) is 0. The van der Waals surface area contributed by atoms with Crippen LogP contribution < -0.4 is 0 Å². The summed E-state index contributed by atoms with van der Waals surface area (Å²) in [6.45, 7) is 5.18. The van der Waals surface area contributed by atoms with E-state index in [0.717, 1.165) is 12.8 Å². The zero-order chi connectivity index (χ0) is 26.2. The SMILES string of the molecule is CCCCCCCCC=CCCCCCCCCCCCCOC(=O)CCCCCCCCCCC. The lowest BCUT2D eigenvalue weighted by Crippen LogP contribution is -2.05. The van der Waals surface area contributed by atoms with Crippen LogP contribution in [0.2, 0.25) is 0 Å². The van der Waals surface area contributed by atoms with E-state index in [4.69, 9.17) is 4.74 Å². The number of rotatable bonds is 30. The summed E-state index contributed by atoms with van der Waals surface area (Å²) in [6, 6.07) is 0. The molecule has 214 valence electrons. The third-order valence-corrected chi connectivity index (χ3v) is 7.40. The molecule has 0 atom stereocenters. The molecule has 0 radical (unpaired) electrons. The van der Waals surface area contributed by atoms with E-state index < -0.39 is 0 Å². The first-order chi connectivity index (χ1) is 17.8. The number of allylic oxidation sites excluding steroid dienone is 2. The average Bonchev–Trinajstić information content (AvgIpc) is 2.88. The van der Waals surface area contributed by atoms with Crippen LogP contribution in [-0.4, -0.2) is 12.6 Å². The lowest BCUT2D eigenvalue weighted by molar-refractivity contribution is -0.143. The van der Waals surface area contributed by atoms with Gasteiger partial charge in [-0.1, -0.05) is 161 Å². The number of carbonyl (C=O) groups is 1. The number of hydrogen-bond acceptors (Lipinski definition) is 2. The lowest BCUT2D eigenvalue weighted by Gasteiger charge is -2.05. The molecule has 0 aromatic heterocycles. The molecule has 0 fully saturated rings. The predicted octanol–water partition coefficient (Wildman–Crippen LogP) is 12.0. The van der Waals surface area contributed by atoms with Crippen LogP contribution in [0.3, 0.4) is 0 Å². The molecule has 2 nitrogen and oxygen atoms in total. The summed E-state index contributed by atoms with van der Waals surface area (Å²) in [4.78, 5) is 11.8. The summed E-state index contributed by atoms with van der Waals surface area (Å²) < 4.78 is 5.41.